The molecule has 1 heterocycles. The summed E-state index contributed by atoms with van der Waals surface area (Å²) in [5.74, 6) is 2.16. The molecule has 24 heavy (non-hydrogen) atoms. The van der Waals surface area contributed by atoms with Gasteiger partial charge in [0.2, 0.25) is 5.91 Å². The van der Waals surface area contributed by atoms with Crippen molar-refractivity contribution in [3.63, 3.8) is 0 Å². The molecule has 0 aliphatic rings. The van der Waals surface area contributed by atoms with Crippen molar-refractivity contribution in [1.29, 1.82) is 0 Å². The predicted molar refractivity (Wildman–Crippen MR) is 97.4 cm³/mol. The Kier molecular flexibility index (Phi) is 7.08. The molecule has 128 valence electrons. The smallest absolute Gasteiger partial charge is 0.227 e. The van der Waals surface area contributed by atoms with Crippen molar-refractivity contribution < 1.29 is 9.53 Å². The SMILES string of the molecule is CC(C)CCNc1ccc(NC(=O)CCOc2ccccc2)cn1. The lowest BCUT2D eigenvalue weighted by molar-refractivity contribution is -0.116. The van der Waals surface area contributed by atoms with Crippen LogP contribution in [0.15, 0.2) is 48.7 Å². The number of pyridine rings is 1. The van der Waals surface area contributed by atoms with Gasteiger partial charge >= 0.3 is 0 Å². The Balaban J connectivity index is 1.69. The third kappa shape index (κ3) is 6.69. The highest BCUT2D eigenvalue weighted by Gasteiger charge is 2.04. The summed E-state index contributed by atoms with van der Waals surface area (Å²) in [6.07, 6.45) is 3.05. The zero-order valence-electron chi connectivity index (χ0n) is 14.3. The molecule has 5 nitrogen and oxygen atoms in total. The summed E-state index contributed by atoms with van der Waals surface area (Å²) in [5, 5.41) is 6.09. The highest BCUT2D eigenvalue weighted by atomic mass is 16.5. The molecule has 0 saturated heterocycles. The number of benzene rings is 1. The van der Waals surface area contributed by atoms with E-state index in [1.54, 1.807) is 6.20 Å². The highest BCUT2D eigenvalue weighted by molar-refractivity contribution is 5.90. The van der Waals surface area contributed by atoms with E-state index in [1.165, 1.54) is 0 Å². The number of aromatic nitrogens is 1. The summed E-state index contributed by atoms with van der Waals surface area (Å²) in [6, 6.07) is 13.2. The van der Waals surface area contributed by atoms with Crippen LogP contribution in [-0.2, 0) is 4.79 Å². The van der Waals surface area contributed by atoms with E-state index in [9.17, 15) is 4.79 Å². The van der Waals surface area contributed by atoms with E-state index in [0.717, 1.165) is 24.5 Å². The predicted octanol–water partition coefficient (Wildman–Crippen LogP) is 3.95. The number of hydrogen-bond donors (Lipinski definition) is 2. The van der Waals surface area contributed by atoms with E-state index >= 15 is 0 Å². The first-order chi connectivity index (χ1) is 11.6. The van der Waals surface area contributed by atoms with E-state index in [4.69, 9.17) is 4.74 Å². The number of ether oxygens (including phenoxy) is 1. The molecular weight excluding hydrogens is 302 g/mol. The van der Waals surface area contributed by atoms with Crippen LogP contribution in [0.5, 0.6) is 5.75 Å². The van der Waals surface area contributed by atoms with E-state index in [-0.39, 0.29) is 5.91 Å². The summed E-state index contributed by atoms with van der Waals surface area (Å²) in [7, 11) is 0. The van der Waals surface area contributed by atoms with Gasteiger partial charge in [0.1, 0.15) is 11.6 Å². The summed E-state index contributed by atoms with van der Waals surface area (Å²) >= 11 is 0. The third-order valence-electron chi connectivity index (χ3n) is 3.42. The number of nitrogens with one attached hydrogen (secondary N) is 2. The van der Waals surface area contributed by atoms with Gasteiger partial charge in [-0.3, -0.25) is 4.79 Å². The number of anilines is 2. The maximum absolute atomic E-state index is 11.9. The molecule has 0 spiro atoms. The lowest BCUT2D eigenvalue weighted by Crippen LogP contribution is -2.15. The first-order valence-corrected chi connectivity index (χ1v) is 8.31. The normalized spacial score (nSPS) is 10.5. The molecule has 0 aliphatic heterocycles. The molecule has 0 fully saturated rings. The number of hydrogen-bond acceptors (Lipinski definition) is 4. The Morgan fingerprint density at radius 2 is 1.96 bits per heavy atom. The van der Waals surface area contributed by atoms with Crippen LogP contribution in [0.25, 0.3) is 0 Å². The molecule has 1 aromatic carbocycles. The van der Waals surface area contributed by atoms with Crippen molar-refractivity contribution in [2.24, 2.45) is 5.92 Å². The van der Waals surface area contributed by atoms with Gasteiger partial charge in [-0.15, -0.1) is 0 Å². The Morgan fingerprint density at radius 1 is 1.17 bits per heavy atom. The summed E-state index contributed by atoms with van der Waals surface area (Å²) < 4.78 is 5.51. The fraction of sp³-hybridized carbons (Fsp3) is 0.368. The maximum atomic E-state index is 11.9. The fourth-order valence-electron chi connectivity index (χ4n) is 2.06. The highest BCUT2D eigenvalue weighted by Crippen LogP contribution is 2.12. The standard InChI is InChI=1S/C19H25N3O2/c1-15(2)10-12-20-18-9-8-16(14-21-18)22-19(23)11-13-24-17-6-4-3-5-7-17/h3-9,14-15H,10-13H2,1-2H3,(H,20,21)(H,22,23). The molecule has 0 radical (unpaired) electrons. The topological polar surface area (TPSA) is 63.2 Å². The second-order valence-electron chi connectivity index (χ2n) is 6.00. The van der Waals surface area contributed by atoms with E-state index < -0.39 is 0 Å². The van der Waals surface area contributed by atoms with Crippen LogP contribution in [-0.4, -0.2) is 24.0 Å². The maximum Gasteiger partial charge on any atom is 0.227 e. The van der Waals surface area contributed by atoms with Gasteiger partial charge in [-0.25, -0.2) is 4.98 Å². The molecule has 5 heteroatoms. The van der Waals surface area contributed by atoms with Gasteiger partial charge in [0.05, 0.1) is 24.9 Å². The molecule has 2 aromatic rings. The largest absolute Gasteiger partial charge is 0.493 e. The third-order valence-corrected chi connectivity index (χ3v) is 3.42. The Labute approximate surface area is 143 Å². The molecule has 1 aromatic heterocycles. The van der Waals surface area contributed by atoms with Gasteiger partial charge in [-0.2, -0.15) is 0 Å². The van der Waals surface area contributed by atoms with E-state index in [0.29, 0.717) is 24.6 Å². The van der Waals surface area contributed by atoms with Gasteiger partial charge < -0.3 is 15.4 Å². The molecular formula is C19H25N3O2. The number of para-hydroxylation sites is 1. The number of rotatable bonds is 9. The molecule has 0 aliphatic carbocycles. The number of nitrogens with zero attached hydrogens (tertiary/aromatic N) is 1. The fourth-order valence-corrected chi connectivity index (χ4v) is 2.06. The summed E-state index contributed by atoms with van der Waals surface area (Å²) in [6.45, 7) is 5.62. The molecule has 0 unspecified atom stereocenters. The van der Waals surface area contributed by atoms with Crippen LogP contribution < -0.4 is 15.4 Å². The van der Waals surface area contributed by atoms with Gasteiger partial charge in [0.15, 0.2) is 0 Å². The van der Waals surface area contributed by atoms with Gasteiger partial charge in [-0.05, 0) is 36.6 Å². The van der Waals surface area contributed by atoms with Crippen LogP contribution in [0.2, 0.25) is 0 Å². The van der Waals surface area contributed by atoms with E-state index in [1.807, 2.05) is 42.5 Å². The molecule has 0 atom stereocenters. The second-order valence-corrected chi connectivity index (χ2v) is 6.00. The number of amides is 1. The van der Waals surface area contributed by atoms with Crippen molar-refractivity contribution in [1.82, 2.24) is 4.98 Å². The molecule has 2 rings (SSSR count). The summed E-state index contributed by atoms with van der Waals surface area (Å²) in [5.41, 5.74) is 0.689. The van der Waals surface area contributed by atoms with Crippen molar-refractivity contribution in [2.45, 2.75) is 26.7 Å². The minimum atomic E-state index is -0.0896. The van der Waals surface area contributed by atoms with Crippen molar-refractivity contribution >= 4 is 17.4 Å². The quantitative estimate of drug-likeness (QED) is 0.732. The molecule has 2 N–H and O–H groups in total. The van der Waals surface area contributed by atoms with Gasteiger partial charge in [0, 0.05) is 6.54 Å². The lowest BCUT2D eigenvalue weighted by Gasteiger charge is -2.09. The van der Waals surface area contributed by atoms with Gasteiger partial charge in [0.25, 0.3) is 0 Å². The first kappa shape index (κ1) is 17.8. The van der Waals surface area contributed by atoms with Crippen LogP contribution in [0.4, 0.5) is 11.5 Å². The molecule has 0 bridgehead atoms. The Morgan fingerprint density at radius 3 is 2.62 bits per heavy atom. The van der Waals surface area contributed by atoms with Gasteiger partial charge in [-0.1, -0.05) is 32.0 Å². The minimum absolute atomic E-state index is 0.0896. The number of carbonyl (C=O) groups excluding carboxylic acids is 1. The lowest BCUT2D eigenvalue weighted by atomic mass is 10.1. The van der Waals surface area contributed by atoms with Crippen LogP contribution in [0, 0.1) is 5.92 Å². The summed E-state index contributed by atoms with van der Waals surface area (Å²) in [4.78, 5) is 16.2. The Bertz CT molecular complexity index is 612. The van der Waals surface area contributed by atoms with Crippen LogP contribution >= 0.6 is 0 Å². The van der Waals surface area contributed by atoms with E-state index in [2.05, 4.69) is 29.5 Å². The second kappa shape index (κ2) is 9.55. The van der Waals surface area contributed by atoms with Crippen molar-refractivity contribution in [3.8, 4) is 5.75 Å². The average molecular weight is 327 g/mol. The first-order valence-electron chi connectivity index (χ1n) is 8.31. The Hall–Kier alpha value is -2.56. The zero-order chi connectivity index (χ0) is 17.2. The van der Waals surface area contributed by atoms with Crippen LogP contribution in [0.3, 0.4) is 0 Å². The van der Waals surface area contributed by atoms with Crippen LogP contribution in [0.1, 0.15) is 26.7 Å². The minimum Gasteiger partial charge on any atom is -0.493 e. The molecule has 1 amide bonds. The van der Waals surface area contributed by atoms with Crippen molar-refractivity contribution in [3.05, 3.63) is 48.7 Å². The van der Waals surface area contributed by atoms with Crippen molar-refractivity contribution in [2.75, 3.05) is 23.8 Å². The zero-order valence-corrected chi connectivity index (χ0v) is 14.3. The molecule has 0 saturated carbocycles. The average Bonchev–Trinajstić information content (AvgIpc) is 2.57. The number of carbonyl (C=O) groups is 1. The monoisotopic (exact) mass is 327 g/mol.